The van der Waals surface area contributed by atoms with Crippen molar-refractivity contribution in [2.75, 3.05) is 11.9 Å². The number of fused-ring (bicyclic) bond motifs is 1. The maximum atomic E-state index is 12.4. The van der Waals surface area contributed by atoms with Crippen LogP contribution in [0.3, 0.4) is 0 Å². The molecule has 3 amide bonds. The predicted octanol–water partition coefficient (Wildman–Crippen LogP) is 3.10. The van der Waals surface area contributed by atoms with E-state index in [-0.39, 0.29) is 30.7 Å². The van der Waals surface area contributed by atoms with Gasteiger partial charge in [0.1, 0.15) is 0 Å². The summed E-state index contributed by atoms with van der Waals surface area (Å²) in [4.78, 5) is 42.5. The molecule has 9 heteroatoms. The molecule has 152 valence electrons. The second-order valence-corrected chi connectivity index (χ2v) is 7.74. The smallest absolute Gasteiger partial charge is 0.261 e. The van der Waals surface area contributed by atoms with Gasteiger partial charge in [0.05, 0.1) is 23.4 Å². The number of nitrogens with one attached hydrogen (secondary N) is 1. The van der Waals surface area contributed by atoms with Gasteiger partial charge in [0, 0.05) is 35.9 Å². The SMILES string of the molecule is O=C(CCCN1C(=O)c2ccc(Br)cc2C1=O)Nc1ccn(Cc2ccccn2)n1. The third kappa shape index (κ3) is 4.30. The number of anilines is 1. The number of benzene rings is 1. The van der Waals surface area contributed by atoms with Gasteiger partial charge in [-0.3, -0.25) is 28.9 Å². The number of pyridine rings is 1. The van der Waals surface area contributed by atoms with Crippen molar-refractivity contribution in [3.05, 3.63) is 76.2 Å². The highest BCUT2D eigenvalue weighted by molar-refractivity contribution is 9.10. The van der Waals surface area contributed by atoms with E-state index in [0.29, 0.717) is 29.9 Å². The number of aromatic nitrogens is 3. The Balaban J connectivity index is 1.27. The minimum Gasteiger partial charge on any atom is -0.309 e. The second kappa shape index (κ2) is 8.58. The molecule has 3 aromatic rings. The van der Waals surface area contributed by atoms with Crippen LogP contribution in [0.5, 0.6) is 0 Å². The van der Waals surface area contributed by atoms with Crippen LogP contribution in [0, 0.1) is 0 Å². The molecule has 0 aliphatic carbocycles. The zero-order valence-corrected chi connectivity index (χ0v) is 17.5. The summed E-state index contributed by atoms with van der Waals surface area (Å²) in [5.41, 5.74) is 1.65. The average Bonchev–Trinajstić information content (AvgIpc) is 3.26. The molecule has 0 unspecified atom stereocenters. The maximum Gasteiger partial charge on any atom is 0.261 e. The van der Waals surface area contributed by atoms with E-state index < -0.39 is 0 Å². The van der Waals surface area contributed by atoms with E-state index in [1.54, 1.807) is 41.3 Å². The lowest BCUT2D eigenvalue weighted by Crippen LogP contribution is -2.31. The molecule has 0 radical (unpaired) electrons. The molecule has 0 bridgehead atoms. The van der Waals surface area contributed by atoms with Crippen LogP contribution in [-0.2, 0) is 11.3 Å². The van der Waals surface area contributed by atoms with Gasteiger partial charge < -0.3 is 5.32 Å². The van der Waals surface area contributed by atoms with Crippen LogP contribution in [0.4, 0.5) is 5.82 Å². The minimum atomic E-state index is -0.329. The largest absolute Gasteiger partial charge is 0.309 e. The topological polar surface area (TPSA) is 97.2 Å². The van der Waals surface area contributed by atoms with E-state index in [1.165, 1.54) is 4.90 Å². The second-order valence-electron chi connectivity index (χ2n) is 6.82. The summed E-state index contributed by atoms with van der Waals surface area (Å²) in [6.07, 6.45) is 4.02. The van der Waals surface area contributed by atoms with Crippen molar-refractivity contribution in [1.29, 1.82) is 0 Å². The Labute approximate surface area is 181 Å². The number of nitrogens with zero attached hydrogens (tertiary/aromatic N) is 4. The molecule has 1 aromatic carbocycles. The number of hydrogen-bond acceptors (Lipinski definition) is 5. The summed E-state index contributed by atoms with van der Waals surface area (Å²) in [6.45, 7) is 0.693. The van der Waals surface area contributed by atoms with E-state index in [2.05, 4.69) is 31.3 Å². The molecule has 0 atom stereocenters. The predicted molar refractivity (Wildman–Crippen MR) is 113 cm³/mol. The van der Waals surface area contributed by atoms with Crippen LogP contribution < -0.4 is 5.32 Å². The molecular weight excluding hydrogens is 450 g/mol. The fourth-order valence-electron chi connectivity index (χ4n) is 3.24. The Kier molecular flexibility index (Phi) is 5.71. The molecule has 0 saturated heterocycles. The van der Waals surface area contributed by atoms with E-state index >= 15 is 0 Å². The van der Waals surface area contributed by atoms with Gasteiger partial charge in [0.15, 0.2) is 5.82 Å². The summed E-state index contributed by atoms with van der Waals surface area (Å²) in [5.74, 6) is -0.430. The number of halogens is 1. The molecule has 0 spiro atoms. The van der Waals surface area contributed by atoms with Gasteiger partial charge in [-0.15, -0.1) is 0 Å². The van der Waals surface area contributed by atoms with Crippen molar-refractivity contribution >= 4 is 39.5 Å². The number of amides is 3. The fraction of sp³-hybridized carbons (Fsp3) is 0.190. The number of hydrogen-bond donors (Lipinski definition) is 1. The summed E-state index contributed by atoms with van der Waals surface area (Å²) in [6, 6.07) is 12.4. The van der Waals surface area contributed by atoms with Crippen molar-refractivity contribution in [2.24, 2.45) is 0 Å². The van der Waals surface area contributed by atoms with E-state index in [9.17, 15) is 14.4 Å². The van der Waals surface area contributed by atoms with Crippen molar-refractivity contribution in [2.45, 2.75) is 19.4 Å². The normalized spacial score (nSPS) is 12.9. The van der Waals surface area contributed by atoms with Gasteiger partial charge in [0.2, 0.25) is 5.91 Å². The highest BCUT2D eigenvalue weighted by Crippen LogP contribution is 2.26. The van der Waals surface area contributed by atoms with Gasteiger partial charge in [0.25, 0.3) is 11.8 Å². The van der Waals surface area contributed by atoms with Gasteiger partial charge in [-0.1, -0.05) is 22.0 Å². The average molecular weight is 468 g/mol. The number of rotatable bonds is 7. The standard InChI is InChI=1S/C21H18BrN5O3/c22-14-6-7-16-17(12-14)21(30)27(20(16)29)10-3-5-19(28)24-18-8-11-26(25-18)13-15-4-1-2-9-23-15/h1-2,4,6-9,11-12H,3,5,10,13H2,(H,24,25,28). The third-order valence-corrected chi connectivity index (χ3v) is 5.17. The van der Waals surface area contributed by atoms with E-state index in [4.69, 9.17) is 0 Å². The Morgan fingerprint density at radius 2 is 1.90 bits per heavy atom. The molecule has 0 fully saturated rings. The first-order chi connectivity index (χ1) is 14.5. The minimum absolute atomic E-state index is 0.171. The van der Waals surface area contributed by atoms with Crippen molar-refractivity contribution < 1.29 is 14.4 Å². The lowest BCUT2D eigenvalue weighted by molar-refractivity contribution is -0.116. The summed E-state index contributed by atoms with van der Waals surface area (Å²) in [7, 11) is 0. The number of carbonyl (C=O) groups is 3. The first-order valence-electron chi connectivity index (χ1n) is 9.40. The fourth-order valence-corrected chi connectivity index (χ4v) is 3.60. The zero-order chi connectivity index (χ0) is 21.1. The molecule has 1 aliphatic rings. The lowest BCUT2D eigenvalue weighted by atomic mass is 10.1. The first kappa shape index (κ1) is 20.0. The molecule has 0 saturated carbocycles. The number of imide groups is 1. The first-order valence-corrected chi connectivity index (χ1v) is 10.2. The molecule has 1 N–H and O–H groups in total. The molecule has 30 heavy (non-hydrogen) atoms. The van der Waals surface area contributed by atoms with Crippen LogP contribution >= 0.6 is 15.9 Å². The molecule has 2 aromatic heterocycles. The van der Waals surface area contributed by atoms with E-state index in [1.807, 2.05) is 18.2 Å². The van der Waals surface area contributed by atoms with Gasteiger partial charge in [-0.05, 0) is 36.8 Å². The summed E-state index contributed by atoms with van der Waals surface area (Å²) in [5, 5.41) is 7.05. The van der Waals surface area contributed by atoms with Gasteiger partial charge >= 0.3 is 0 Å². The van der Waals surface area contributed by atoms with E-state index in [0.717, 1.165) is 10.2 Å². The summed E-state index contributed by atoms with van der Waals surface area (Å²) < 4.78 is 2.43. The van der Waals surface area contributed by atoms with Crippen LogP contribution in [0.25, 0.3) is 0 Å². The Bertz CT molecular complexity index is 1110. The van der Waals surface area contributed by atoms with Crippen LogP contribution in [0.15, 0.2) is 59.3 Å². The monoisotopic (exact) mass is 467 g/mol. The van der Waals surface area contributed by atoms with Gasteiger partial charge in [-0.25, -0.2) is 0 Å². The quantitative estimate of drug-likeness (QED) is 0.538. The number of carbonyl (C=O) groups excluding carboxylic acids is 3. The summed E-state index contributed by atoms with van der Waals surface area (Å²) >= 11 is 3.31. The molecule has 3 heterocycles. The van der Waals surface area contributed by atoms with Crippen LogP contribution in [0.1, 0.15) is 39.3 Å². The van der Waals surface area contributed by atoms with Crippen LogP contribution in [-0.4, -0.2) is 43.9 Å². The van der Waals surface area contributed by atoms with Crippen molar-refractivity contribution in [3.8, 4) is 0 Å². The molecule has 1 aliphatic heterocycles. The highest BCUT2D eigenvalue weighted by atomic mass is 79.9. The maximum absolute atomic E-state index is 12.4. The molecule has 8 nitrogen and oxygen atoms in total. The third-order valence-electron chi connectivity index (χ3n) is 4.68. The zero-order valence-electron chi connectivity index (χ0n) is 15.9. The van der Waals surface area contributed by atoms with Crippen molar-refractivity contribution in [3.63, 3.8) is 0 Å². The van der Waals surface area contributed by atoms with Crippen molar-refractivity contribution in [1.82, 2.24) is 19.7 Å². The van der Waals surface area contributed by atoms with Gasteiger partial charge in [-0.2, -0.15) is 5.10 Å². The molecule has 4 rings (SSSR count). The van der Waals surface area contributed by atoms with Crippen LogP contribution in [0.2, 0.25) is 0 Å². The highest BCUT2D eigenvalue weighted by Gasteiger charge is 2.35. The Hall–Kier alpha value is -3.33. The Morgan fingerprint density at radius 1 is 1.07 bits per heavy atom. The lowest BCUT2D eigenvalue weighted by Gasteiger charge is -2.13. The Morgan fingerprint density at radius 3 is 2.70 bits per heavy atom. The molecular formula is C21H18BrN5O3.